The first-order valence-corrected chi connectivity index (χ1v) is 9.22. The standard InChI is InChI=1S/C17H22F3NOS/c18-17(19,20)14-3-1-2-13(10-14)16(5-7-22-8-6-16)12-21-15-4-9-23-11-15/h1-3,10,15,21H,4-9,11-12H2. The van der Waals surface area contributed by atoms with E-state index in [1.54, 1.807) is 0 Å². The molecule has 2 nitrogen and oxygen atoms in total. The molecule has 1 unspecified atom stereocenters. The van der Waals surface area contributed by atoms with Gasteiger partial charge >= 0.3 is 6.18 Å². The minimum Gasteiger partial charge on any atom is -0.381 e. The van der Waals surface area contributed by atoms with E-state index in [4.69, 9.17) is 4.74 Å². The van der Waals surface area contributed by atoms with Crippen LogP contribution in [0.2, 0.25) is 0 Å². The van der Waals surface area contributed by atoms with Crippen LogP contribution in [0.5, 0.6) is 0 Å². The molecular formula is C17H22F3NOS. The molecule has 3 rings (SSSR count). The fourth-order valence-electron chi connectivity index (χ4n) is 3.39. The summed E-state index contributed by atoms with van der Waals surface area (Å²) in [5, 5.41) is 3.59. The summed E-state index contributed by atoms with van der Waals surface area (Å²) >= 11 is 1.93. The van der Waals surface area contributed by atoms with Gasteiger partial charge in [-0.05, 0) is 36.6 Å². The molecule has 0 saturated carbocycles. The average Bonchev–Trinajstić information content (AvgIpc) is 3.07. The number of halogens is 3. The monoisotopic (exact) mass is 345 g/mol. The lowest BCUT2D eigenvalue weighted by Gasteiger charge is -2.39. The van der Waals surface area contributed by atoms with Gasteiger partial charge in [-0.3, -0.25) is 0 Å². The summed E-state index contributed by atoms with van der Waals surface area (Å²) < 4.78 is 44.6. The summed E-state index contributed by atoms with van der Waals surface area (Å²) in [5.74, 6) is 2.26. The van der Waals surface area contributed by atoms with Gasteiger partial charge in [0.05, 0.1) is 5.56 Å². The molecule has 0 radical (unpaired) electrons. The molecule has 1 N–H and O–H groups in total. The van der Waals surface area contributed by atoms with Gasteiger partial charge in [-0.15, -0.1) is 0 Å². The van der Waals surface area contributed by atoms with Crippen molar-refractivity contribution in [2.24, 2.45) is 0 Å². The maximum absolute atomic E-state index is 13.0. The third-order valence-electron chi connectivity index (χ3n) is 4.91. The van der Waals surface area contributed by atoms with Crippen molar-refractivity contribution in [3.05, 3.63) is 35.4 Å². The van der Waals surface area contributed by atoms with Crippen molar-refractivity contribution < 1.29 is 17.9 Å². The summed E-state index contributed by atoms with van der Waals surface area (Å²) in [6.45, 7) is 1.94. The zero-order valence-corrected chi connectivity index (χ0v) is 13.8. The van der Waals surface area contributed by atoms with Gasteiger partial charge in [0.15, 0.2) is 0 Å². The first-order valence-electron chi connectivity index (χ1n) is 8.06. The van der Waals surface area contributed by atoms with Gasteiger partial charge in [0, 0.05) is 37.0 Å². The second-order valence-corrected chi connectivity index (χ2v) is 7.56. The van der Waals surface area contributed by atoms with Gasteiger partial charge in [0.25, 0.3) is 0 Å². The Labute approximate surface area is 139 Å². The van der Waals surface area contributed by atoms with E-state index in [1.165, 1.54) is 12.1 Å². The second-order valence-electron chi connectivity index (χ2n) is 6.41. The highest BCUT2D eigenvalue weighted by Gasteiger charge is 2.37. The molecule has 2 aliphatic heterocycles. The summed E-state index contributed by atoms with van der Waals surface area (Å²) in [6.07, 6.45) is -1.62. The van der Waals surface area contributed by atoms with E-state index in [0.717, 1.165) is 48.9 Å². The van der Waals surface area contributed by atoms with E-state index in [-0.39, 0.29) is 5.41 Å². The lowest BCUT2D eigenvalue weighted by Crippen LogP contribution is -2.46. The van der Waals surface area contributed by atoms with E-state index >= 15 is 0 Å². The quantitative estimate of drug-likeness (QED) is 0.896. The Kier molecular flexibility index (Phi) is 5.23. The molecule has 0 spiro atoms. The number of hydrogen-bond donors (Lipinski definition) is 1. The Morgan fingerprint density at radius 2 is 2.04 bits per heavy atom. The van der Waals surface area contributed by atoms with Crippen LogP contribution in [0.4, 0.5) is 13.2 Å². The van der Waals surface area contributed by atoms with Crippen molar-refractivity contribution >= 4 is 11.8 Å². The minimum absolute atomic E-state index is 0.257. The highest BCUT2D eigenvalue weighted by molar-refractivity contribution is 7.99. The molecule has 0 amide bonds. The summed E-state index contributed by atoms with van der Waals surface area (Å²) in [4.78, 5) is 0. The Morgan fingerprint density at radius 3 is 2.70 bits per heavy atom. The van der Waals surface area contributed by atoms with Crippen LogP contribution in [0.25, 0.3) is 0 Å². The largest absolute Gasteiger partial charge is 0.416 e. The van der Waals surface area contributed by atoms with Gasteiger partial charge in [0.1, 0.15) is 0 Å². The van der Waals surface area contributed by atoms with Crippen LogP contribution in [0.3, 0.4) is 0 Å². The molecule has 2 saturated heterocycles. The summed E-state index contributed by atoms with van der Waals surface area (Å²) in [6, 6.07) is 6.32. The Bertz CT molecular complexity index is 523. The number of hydrogen-bond acceptors (Lipinski definition) is 3. The average molecular weight is 345 g/mol. The van der Waals surface area contributed by atoms with E-state index in [0.29, 0.717) is 19.3 Å². The highest BCUT2D eigenvalue weighted by atomic mass is 32.2. The maximum Gasteiger partial charge on any atom is 0.416 e. The third kappa shape index (κ3) is 4.03. The molecule has 0 aromatic heterocycles. The van der Waals surface area contributed by atoms with Crippen LogP contribution in [-0.4, -0.2) is 37.3 Å². The molecule has 6 heteroatoms. The number of ether oxygens (including phenoxy) is 1. The van der Waals surface area contributed by atoms with E-state index in [2.05, 4.69) is 5.32 Å². The zero-order chi connectivity index (χ0) is 16.3. The van der Waals surface area contributed by atoms with Crippen LogP contribution < -0.4 is 5.32 Å². The predicted octanol–water partition coefficient (Wildman–Crippen LogP) is 3.85. The van der Waals surface area contributed by atoms with Crippen molar-refractivity contribution in [3.8, 4) is 0 Å². The van der Waals surface area contributed by atoms with Gasteiger partial charge in [-0.1, -0.05) is 18.2 Å². The van der Waals surface area contributed by atoms with Crippen molar-refractivity contribution in [1.29, 1.82) is 0 Å². The van der Waals surface area contributed by atoms with Crippen molar-refractivity contribution in [3.63, 3.8) is 0 Å². The van der Waals surface area contributed by atoms with Crippen molar-refractivity contribution in [2.45, 2.75) is 36.9 Å². The normalized spacial score (nSPS) is 24.7. The Balaban J connectivity index is 1.82. The van der Waals surface area contributed by atoms with Crippen molar-refractivity contribution in [2.75, 3.05) is 31.3 Å². The molecule has 2 heterocycles. The van der Waals surface area contributed by atoms with Crippen LogP contribution in [0.1, 0.15) is 30.4 Å². The topological polar surface area (TPSA) is 21.3 Å². The zero-order valence-electron chi connectivity index (χ0n) is 13.0. The van der Waals surface area contributed by atoms with Crippen LogP contribution in [0.15, 0.2) is 24.3 Å². The van der Waals surface area contributed by atoms with E-state index in [9.17, 15) is 13.2 Å². The molecule has 0 bridgehead atoms. The molecule has 23 heavy (non-hydrogen) atoms. The predicted molar refractivity (Wildman–Crippen MR) is 86.9 cm³/mol. The van der Waals surface area contributed by atoms with Crippen LogP contribution >= 0.6 is 11.8 Å². The first kappa shape index (κ1) is 17.1. The molecule has 128 valence electrons. The summed E-state index contributed by atoms with van der Waals surface area (Å²) in [5.41, 5.74) is -0.0293. The fourth-order valence-corrected chi connectivity index (χ4v) is 4.58. The molecule has 1 aromatic rings. The number of benzene rings is 1. The maximum atomic E-state index is 13.0. The molecular weight excluding hydrogens is 323 g/mol. The Morgan fingerprint density at radius 1 is 1.26 bits per heavy atom. The molecule has 2 aliphatic rings. The third-order valence-corrected chi connectivity index (χ3v) is 6.07. The van der Waals surface area contributed by atoms with Crippen molar-refractivity contribution in [1.82, 2.24) is 5.32 Å². The summed E-state index contributed by atoms with van der Waals surface area (Å²) in [7, 11) is 0. The Hall–Kier alpha value is -0.720. The minimum atomic E-state index is -4.29. The van der Waals surface area contributed by atoms with Gasteiger partial charge in [-0.25, -0.2) is 0 Å². The molecule has 1 atom stereocenters. The van der Waals surface area contributed by atoms with Gasteiger partial charge < -0.3 is 10.1 Å². The van der Waals surface area contributed by atoms with E-state index in [1.807, 2.05) is 17.8 Å². The highest BCUT2D eigenvalue weighted by Crippen LogP contribution is 2.38. The lowest BCUT2D eigenvalue weighted by molar-refractivity contribution is -0.137. The molecule has 1 aromatic carbocycles. The number of thioether (sulfide) groups is 1. The van der Waals surface area contributed by atoms with Gasteiger partial charge in [-0.2, -0.15) is 24.9 Å². The number of rotatable bonds is 4. The molecule has 0 aliphatic carbocycles. The molecule has 2 fully saturated rings. The number of nitrogens with one attached hydrogen (secondary N) is 1. The smallest absolute Gasteiger partial charge is 0.381 e. The van der Waals surface area contributed by atoms with Gasteiger partial charge in [0.2, 0.25) is 0 Å². The second kappa shape index (κ2) is 7.03. The SMILES string of the molecule is FC(F)(F)c1cccc(C2(CNC3CCSC3)CCOCC2)c1. The first-order chi connectivity index (χ1) is 11.0. The number of alkyl halides is 3. The lowest BCUT2D eigenvalue weighted by atomic mass is 9.73. The fraction of sp³-hybridized carbons (Fsp3) is 0.647. The van der Waals surface area contributed by atoms with Crippen LogP contribution in [-0.2, 0) is 16.3 Å². The van der Waals surface area contributed by atoms with E-state index < -0.39 is 11.7 Å². The van der Waals surface area contributed by atoms with Crippen LogP contribution in [0, 0.1) is 0 Å².